The maximum absolute atomic E-state index is 13.7. The van der Waals surface area contributed by atoms with Crippen molar-refractivity contribution in [2.24, 2.45) is 11.7 Å². The van der Waals surface area contributed by atoms with Crippen LogP contribution in [0.15, 0.2) is 30.3 Å². The number of imidazole rings is 1. The Morgan fingerprint density at radius 2 is 1.97 bits per heavy atom. The molecule has 4 aromatic heterocycles. The molecule has 8 heteroatoms. The van der Waals surface area contributed by atoms with Crippen molar-refractivity contribution < 1.29 is 9.53 Å². The Balaban J connectivity index is 1.36. The first kappa shape index (κ1) is 22.8. The smallest absolute Gasteiger partial charge is 0.254 e. The Hall–Kier alpha value is -3.39. The number of ether oxygens (including phenoxy) is 1. The van der Waals surface area contributed by atoms with Crippen LogP contribution in [0.5, 0.6) is 5.88 Å². The monoisotopic (exact) mass is 498 g/mol. The van der Waals surface area contributed by atoms with Crippen LogP contribution in [0.3, 0.4) is 0 Å². The standard InChI is InChI=1S/C29H34N6O2/c1-4-20-8-7-18-11-24(33(28(18)31-20)15-17-5-6-17)27-16(2)34-25(32-27)12-19(13-26(34)37-3)29(36)35-21-9-10-23(35)22(30)14-21/h7-8,11-13,17,21-23H,4-6,9-10,14-15,30H2,1-3H3. The zero-order chi connectivity index (χ0) is 25.4. The number of fused-ring (bicyclic) bond motifs is 4. The highest BCUT2D eigenvalue weighted by atomic mass is 16.5. The lowest BCUT2D eigenvalue weighted by molar-refractivity contribution is 0.0726. The van der Waals surface area contributed by atoms with E-state index in [1.165, 1.54) is 12.8 Å². The summed E-state index contributed by atoms with van der Waals surface area (Å²) in [6.07, 6.45) is 6.35. The molecule has 192 valence electrons. The van der Waals surface area contributed by atoms with Gasteiger partial charge >= 0.3 is 0 Å². The van der Waals surface area contributed by atoms with Crippen LogP contribution in [0, 0.1) is 12.8 Å². The van der Waals surface area contributed by atoms with Crippen LogP contribution < -0.4 is 10.5 Å². The molecule has 1 amide bonds. The van der Waals surface area contributed by atoms with Gasteiger partial charge in [0.15, 0.2) is 5.88 Å². The van der Waals surface area contributed by atoms with E-state index in [0.29, 0.717) is 17.4 Å². The number of carbonyl (C=O) groups excluding carboxylic acids is 1. The summed E-state index contributed by atoms with van der Waals surface area (Å²) in [6, 6.07) is 10.7. The van der Waals surface area contributed by atoms with E-state index in [4.69, 9.17) is 20.4 Å². The van der Waals surface area contributed by atoms with Crippen LogP contribution in [0.25, 0.3) is 28.1 Å². The van der Waals surface area contributed by atoms with Crippen molar-refractivity contribution in [3.8, 4) is 17.3 Å². The van der Waals surface area contributed by atoms with E-state index >= 15 is 0 Å². The molecule has 3 fully saturated rings. The van der Waals surface area contributed by atoms with Crippen molar-refractivity contribution in [3.05, 3.63) is 47.3 Å². The maximum Gasteiger partial charge on any atom is 0.254 e. The van der Waals surface area contributed by atoms with Gasteiger partial charge in [-0.25, -0.2) is 9.97 Å². The van der Waals surface area contributed by atoms with Crippen LogP contribution >= 0.6 is 0 Å². The normalized spacial score (nSPS) is 23.0. The molecule has 4 aromatic rings. The van der Waals surface area contributed by atoms with E-state index in [-0.39, 0.29) is 24.0 Å². The Morgan fingerprint density at radius 1 is 1.14 bits per heavy atom. The second-order valence-electron chi connectivity index (χ2n) is 11.1. The van der Waals surface area contributed by atoms with Gasteiger partial charge in [0.25, 0.3) is 5.91 Å². The van der Waals surface area contributed by atoms with Gasteiger partial charge in [0, 0.05) is 47.4 Å². The van der Waals surface area contributed by atoms with Crippen molar-refractivity contribution in [3.63, 3.8) is 0 Å². The number of pyridine rings is 2. The molecular weight excluding hydrogens is 464 g/mol. The first-order valence-corrected chi connectivity index (χ1v) is 13.6. The molecule has 2 bridgehead atoms. The fraction of sp³-hybridized carbons (Fsp3) is 0.483. The van der Waals surface area contributed by atoms with Gasteiger partial charge in [-0.15, -0.1) is 0 Å². The summed E-state index contributed by atoms with van der Waals surface area (Å²) >= 11 is 0. The lowest BCUT2D eigenvalue weighted by Crippen LogP contribution is -2.40. The fourth-order valence-electron chi connectivity index (χ4n) is 6.60. The molecule has 3 atom stereocenters. The lowest BCUT2D eigenvalue weighted by Gasteiger charge is -2.23. The summed E-state index contributed by atoms with van der Waals surface area (Å²) in [4.78, 5) is 25.7. The molecule has 3 unspecified atom stereocenters. The fourth-order valence-corrected chi connectivity index (χ4v) is 6.60. The summed E-state index contributed by atoms with van der Waals surface area (Å²) in [6.45, 7) is 5.16. The van der Waals surface area contributed by atoms with Crippen molar-refractivity contribution in [2.45, 2.75) is 77.0 Å². The lowest BCUT2D eigenvalue weighted by atomic mass is 9.97. The van der Waals surface area contributed by atoms with Crippen LogP contribution in [0.4, 0.5) is 0 Å². The van der Waals surface area contributed by atoms with Crippen LogP contribution in [-0.2, 0) is 13.0 Å². The zero-order valence-corrected chi connectivity index (χ0v) is 21.8. The van der Waals surface area contributed by atoms with Gasteiger partial charge in [0.2, 0.25) is 0 Å². The molecule has 6 heterocycles. The number of carbonyl (C=O) groups is 1. The Labute approximate surface area is 216 Å². The van der Waals surface area contributed by atoms with Crippen LogP contribution in [-0.4, -0.2) is 55.0 Å². The summed E-state index contributed by atoms with van der Waals surface area (Å²) < 4.78 is 10.2. The summed E-state index contributed by atoms with van der Waals surface area (Å²) in [7, 11) is 1.65. The minimum atomic E-state index is 0.0302. The second-order valence-corrected chi connectivity index (χ2v) is 11.1. The molecule has 37 heavy (non-hydrogen) atoms. The molecule has 0 spiro atoms. The predicted molar refractivity (Wildman–Crippen MR) is 143 cm³/mol. The number of hydrogen-bond donors (Lipinski definition) is 1. The number of nitrogens with zero attached hydrogens (tertiary/aromatic N) is 5. The van der Waals surface area contributed by atoms with Crippen molar-refractivity contribution >= 4 is 22.6 Å². The van der Waals surface area contributed by atoms with E-state index in [2.05, 4.69) is 36.6 Å². The van der Waals surface area contributed by atoms with Gasteiger partial charge in [-0.2, -0.15) is 0 Å². The summed E-state index contributed by atoms with van der Waals surface area (Å²) in [5, 5.41) is 1.13. The van der Waals surface area contributed by atoms with E-state index in [1.807, 2.05) is 21.4 Å². The molecule has 7 rings (SSSR count). The number of rotatable bonds is 6. The molecule has 3 aliphatic rings. The van der Waals surface area contributed by atoms with E-state index in [0.717, 1.165) is 71.7 Å². The molecule has 2 aliphatic heterocycles. The minimum Gasteiger partial charge on any atom is -0.482 e. The molecule has 0 aromatic carbocycles. The third-order valence-corrected chi connectivity index (χ3v) is 8.74. The highest BCUT2D eigenvalue weighted by molar-refractivity contribution is 5.96. The number of methoxy groups -OCH3 is 1. The van der Waals surface area contributed by atoms with Crippen LogP contribution in [0.2, 0.25) is 0 Å². The van der Waals surface area contributed by atoms with Gasteiger partial charge in [-0.1, -0.05) is 6.92 Å². The van der Waals surface area contributed by atoms with E-state index in [1.54, 1.807) is 7.11 Å². The molecule has 0 radical (unpaired) electrons. The van der Waals surface area contributed by atoms with E-state index in [9.17, 15) is 4.79 Å². The second kappa shape index (κ2) is 8.31. The third-order valence-electron chi connectivity index (χ3n) is 8.74. The number of aromatic nitrogens is 4. The van der Waals surface area contributed by atoms with Crippen molar-refractivity contribution in [2.75, 3.05) is 7.11 Å². The minimum absolute atomic E-state index is 0.0302. The van der Waals surface area contributed by atoms with Gasteiger partial charge < -0.3 is 19.9 Å². The number of nitrogens with two attached hydrogens (primary N) is 1. The van der Waals surface area contributed by atoms with Gasteiger partial charge in [-0.05, 0) is 75.6 Å². The quantitative estimate of drug-likeness (QED) is 0.427. The number of aryl methyl sites for hydroxylation is 2. The summed E-state index contributed by atoms with van der Waals surface area (Å²) in [5.41, 5.74) is 12.7. The Kier molecular flexibility index (Phi) is 5.12. The third kappa shape index (κ3) is 3.49. The maximum atomic E-state index is 13.7. The van der Waals surface area contributed by atoms with Gasteiger partial charge in [0.05, 0.1) is 18.5 Å². The topological polar surface area (TPSA) is 90.7 Å². The van der Waals surface area contributed by atoms with Gasteiger partial charge in [-0.3, -0.25) is 9.20 Å². The van der Waals surface area contributed by atoms with Crippen molar-refractivity contribution in [1.29, 1.82) is 0 Å². The predicted octanol–water partition coefficient (Wildman–Crippen LogP) is 4.34. The Bertz CT molecular complexity index is 1550. The zero-order valence-electron chi connectivity index (χ0n) is 21.8. The summed E-state index contributed by atoms with van der Waals surface area (Å²) in [5.74, 6) is 1.34. The number of hydrogen-bond acceptors (Lipinski definition) is 5. The molecule has 8 nitrogen and oxygen atoms in total. The van der Waals surface area contributed by atoms with Gasteiger partial charge in [0.1, 0.15) is 17.0 Å². The largest absolute Gasteiger partial charge is 0.482 e. The molecular formula is C29H34N6O2. The number of amides is 1. The van der Waals surface area contributed by atoms with Crippen molar-refractivity contribution in [1.82, 2.24) is 23.8 Å². The molecule has 1 aliphatic carbocycles. The average Bonchev–Trinajstić information content (AvgIpc) is 3.23. The highest BCUT2D eigenvalue weighted by Gasteiger charge is 2.47. The SMILES string of the molecule is CCc1ccc2cc(-c3nc4cc(C(=O)N5C6CCC5C(N)C6)cc(OC)n4c3C)n(CC3CC3)c2n1. The molecule has 2 N–H and O–H groups in total. The highest BCUT2D eigenvalue weighted by Crippen LogP contribution is 2.40. The average molecular weight is 499 g/mol. The van der Waals surface area contributed by atoms with E-state index < -0.39 is 0 Å². The Morgan fingerprint density at radius 3 is 2.65 bits per heavy atom. The van der Waals surface area contributed by atoms with Crippen LogP contribution in [0.1, 0.15) is 60.8 Å². The first-order chi connectivity index (χ1) is 18.0. The molecule has 2 saturated heterocycles. The first-order valence-electron chi connectivity index (χ1n) is 13.6. The molecule has 1 saturated carbocycles.